The molecular weight excluding hydrogens is 428 g/mol. The zero-order chi connectivity index (χ0) is 22.5. The maximum atomic E-state index is 14.2. The summed E-state index contributed by atoms with van der Waals surface area (Å²) in [6.45, 7) is 1.56. The number of amides is 1. The number of ether oxygens (including phenoxy) is 1. The average Bonchev–Trinajstić information content (AvgIpc) is 3.52. The Hall–Kier alpha value is -2.75. The Labute approximate surface area is 182 Å². The number of benzene rings is 1. The van der Waals surface area contributed by atoms with E-state index in [1.165, 1.54) is 4.90 Å². The fourth-order valence-electron chi connectivity index (χ4n) is 4.55. The van der Waals surface area contributed by atoms with E-state index in [1.807, 2.05) is 0 Å². The molecule has 2 aromatic rings. The topological polar surface area (TPSA) is 58.6 Å². The summed E-state index contributed by atoms with van der Waals surface area (Å²) in [6, 6.07) is 2.51. The summed E-state index contributed by atoms with van der Waals surface area (Å²) in [4.78, 5) is 25.0. The van der Waals surface area contributed by atoms with Gasteiger partial charge in [0, 0.05) is 44.6 Å². The molecule has 2 atom stereocenters. The quantitative estimate of drug-likeness (QED) is 0.668. The normalized spacial score (nSPS) is 23.8. The highest BCUT2D eigenvalue weighted by Gasteiger charge is 2.42. The minimum Gasteiger partial charge on any atom is -0.472 e. The van der Waals surface area contributed by atoms with Crippen molar-refractivity contribution in [2.24, 2.45) is 0 Å². The van der Waals surface area contributed by atoms with Gasteiger partial charge in [-0.25, -0.2) is 9.37 Å². The van der Waals surface area contributed by atoms with Gasteiger partial charge in [-0.15, -0.1) is 0 Å². The van der Waals surface area contributed by atoms with Crippen molar-refractivity contribution >= 4 is 5.91 Å². The van der Waals surface area contributed by atoms with Crippen LogP contribution in [0.15, 0.2) is 30.6 Å². The Morgan fingerprint density at radius 3 is 2.59 bits per heavy atom. The van der Waals surface area contributed by atoms with Crippen molar-refractivity contribution in [3.8, 4) is 5.88 Å². The number of rotatable bonds is 4. The van der Waals surface area contributed by atoms with Crippen LogP contribution in [0, 0.1) is 5.82 Å². The summed E-state index contributed by atoms with van der Waals surface area (Å²) in [6.07, 6.45) is 1.27. The molecule has 6 nitrogen and oxygen atoms in total. The second-order valence-electron chi connectivity index (χ2n) is 8.59. The summed E-state index contributed by atoms with van der Waals surface area (Å²) in [7, 11) is 0. The van der Waals surface area contributed by atoms with Crippen molar-refractivity contribution in [2.75, 3.05) is 26.2 Å². The van der Waals surface area contributed by atoms with Crippen LogP contribution in [0.5, 0.6) is 5.88 Å². The van der Waals surface area contributed by atoms with E-state index in [2.05, 4.69) is 14.9 Å². The number of nitrogens with zero attached hydrogens (tertiary/aromatic N) is 4. The number of alkyl halides is 3. The van der Waals surface area contributed by atoms with Crippen LogP contribution in [-0.4, -0.2) is 64.0 Å². The molecule has 2 aliphatic heterocycles. The van der Waals surface area contributed by atoms with Crippen LogP contribution in [-0.2, 0) is 6.18 Å². The molecule has 1 amide bonds. The van der Waals surface area contributed by atoms with Crippen molar-refractivity contribution in [2.45, 2.75) is 43.5 Å². The predicted octanol–water partition coefficient (Wildman–Crippen LogP) is 3.49. The Bertz CT molecular complexity index is 1010. The third-order valence-electron chi connectivity index (χ3n) is 6.33. The predicted molar refractivity (Wildman–Crippen MR) is 106 cm³/mol. The SMILES string of the molecule is O=C(c1c(F)cccc1C(F)(F)F)N1CCN2C[C@H](Oc3cnc(C4CC4)cn3)C[C@H]2C1. The molecule has 5 rings (SSSR count). The van der Waals surface area contributed by atoms with E-state index in [1.54, 1.807) is 12.4 Å². The molecule has 3 fully saturated rings. The molecule has 0 radical (unpaired) electrons. The largest absolute Gasteiger partial charge is 0.472 e. The number of carbonyl (C=O) groups excluding carboxylic acids is 1. The molecule has 0 N–H and O–H groups in total. The van der Waals surface area contributed by atoms with Crippen molar-refractivity contribution < 1.29 is 27.1 Å². The Morgan fingerprint density at radius 2 is 1.91 bits per heavy atom. The molecule has 3 heterocycles. The van der Waals surface area contributed by atoms with Gasteiger partial charge in [0.1, 0.15) is 11.9 Å². The smallest absolute Gasteiger partial charge is 0.417 e. The number of aromatic nitrogens is 2. The van der Waals surface area contributed by atoms with Crippen LogP contribution in [0.4, 0.5) is 17.6 Å². The molecule has 1 saturated carbocycles. The highest BCUT2D eigenvalue weighted by molar-refractivity contribution is 5.96. The molecule has 1 aromatic carbocycles. The molecule has 0 bridgehead atoms. The number of hydrogen-bond donors (Lipinski definition) is 0. The monoisotopic (exact) mass is 450 g/mol. The van der Waals surface area contributed by atoms with Crippen molar-refractivity contribution in [3.05, 3.63) is 53.2 Å². The highest BCUT2D eigenvalue weighted by atomic mass is 19.4. The van der Waals surface area contributed by atoms with E-state index in [-0.39, 0.29) is 25.2 Å². The van der Waals surface area contributed by atoms with E-state index < -0.39 is 29.0 Å². The minimum atomic E-state index is -4.81. The van der Waals surface area contributed by atoms with Gasteiger partial charge in [-0.2, -0.15) is 13.2 Å². The first-order chi connectivity index (χ1) is 15.3. The van der Waals surface area contributed by atoms with Gasteiger partial charge in [-0.3, -0.25) is 14.7 Å². The van der Waals surface area contributed by atoms with Crippen LogP contribution in [0.3, 0.4) is 0 Å². The van der Waals surface area contributed by atoms with E-state index in [0.29, 0.717) is 31.3 Å². The van der Waals surface area contributed by atoms with Gasteiger partial charge in [0.2, 0.25) is 5.88 Å². The van der Waals surface area contributed by atoms with E-state index >= 15 is 0 Å². The van der Waals surface area contributed by atoms with Crippen molar-refractivity contribution in [1.29, 1.82) is 0 Å². The van der Waals surface area contributed by atoms with Crippen LogP contribution in [0.1, 0.15) is 46.8 Å². The summed E-state index contributed by atoms with van der Waals surface area (Å²) in [5.74, 6) is -1.14. The van der Waals surface area contributed by atoms with Crippen LogP contribution in [0.2, 0.25) is 0 Å². The first kappa shape index (κ1) is 21.1. The maximum Gasteiger partial charge on any atom is 0.417 e. The number of piperazine rings is 1. The molecule has 170 valence electrons. The van der Waals surface area contributed by atoms with Gasteiger partial charge in [-0.05, 0) is 25.0 Å². The lowest BCUT2D eigenvalue weighted by atomic mass is 10.0. The summed E-state index contributed by atoms with van der Waals surface area (Å²) in [5.41, 5.74) is -1.18. The Balaban J connectivity index is 1.25. The fourth-order valence-corrected chi connectivity index (χ4v) is 4.55. The second kappa shape index (κ2) is 7.99. The van der Waals surface area contributed by atoms with Gasteiger partial charge in [0.05, 0.1) is 29.2 Å². The van der Waals surface area contributed by atoms with E-state index in [9.17, 15) is 22.4 Å². The van der Waals surface area contributed by atoms with Gasteiger partial charge >= 0.3 is 6.18 Å². The zero-order valence-corrected chi connectivity index (χ0v) is 17.2. The van der Waals surface area contributed by atoms with Crippen LogP contribution in [0.25, 0.3) is 0 Å². The molecule has 10 heteroatoms. The Kier molecular flexibility index (Phi) is 5.27. The van der Waals surface area contributed by atoms with Crippen molar-refractivity contribution in [1.82, 2.24) is 19.8 Å². The first-order valence-electron chi connectivity index (χ1n) is 10.7. The Morgan fingerprint density at radius 1 is 1.09 bits per heavy atom. The van der Waals surface area contributed by atoms with Gasteiger partial charge < -0.3 is 9.64 Å². The zero-order valence-electron chi connectivity index (χ0n) is 17.2. The molecule has 32 heavy (non-hydrogen) atoms. The second-order valence-corrected chi connectivity index (χ2v) is 8.59. The van der Waals surface area contributed by atoms with Crippen LogP contribution >= 0.6 is 0 Å². The first-order valence-corrected chi connectivity index (χ1v) is 10.7. The molecule has 1 aromatic heterocycles. The highest BCUT2D eigenvalue weighted by Crippen LogP contribution is 2.39. The lowest BCUT2D eigenvalue weighted by Crippen LogP contribution is -2.52. The van der Waals surface area contributed by atoms with Crippen molar-refractivity contribution in [3.63, 3.8) is 0 Å². The molecular formula is C22H22F4N4O2. The number of fused-ring (bicyclic) bond motifs is 1. The molecule has 0 unspecified atom stereocenters. The summed E-state index contributed by atoms with van der Waals surface area (Å²) >= 11 is 0. The van der Waals surface area contributed by atoms with Gasteiger partial charge in [0.25, 0.3) is 5.91 Å². The molecule has 2 saturated heterocycles. The standard InChI is InChI=1S/C22H22F4N4O2/c23-17-3-1-2-16(22(24,25)26)20(17)21(31)30-7-6-29-12-15(8-14(29)11-30)32-19-10-27-18(9-28-19)13-4-5-13/h1-3,9-10,13-15H,4-8,11-12H2/t14-,15+/m0/s1. The maximum absolute atomic E-state index is 14.2. The van der Waals surface area contributed by atoms with Crippen LogP contribution < -0.4 is 4.74 Å². The van der Waals surface area contributed by atoms with E-state index in [4.69, 9.17) is 4.74 Å². The molecule has 0 spiro atoms. The van der Waals surface area contributed by atoms with Gasteiger partial charge in [-0.1, -0.05) is 6.07 Å². The molecule has 1 aliphatic carbocycles. The lowest BCUT2D eigenvalue weighted by Gasteiger charge is -2.37. The third kappa shape index (κ3) is 4.15. The summed E-state index contributed by atoms with van der Waals surface area (Å²) < 4.78 is 60.2. The van der Waals surface area contributed by atoms with Gasteiger partial charge in [0.15, 0.2) is 0 Å². The number of carbonyl (C=O) groups is 1. The minimum absolute atomic E-state index is 0.0718. The molecule has 3 aliphatic rings. The third-order valence-corrected chi connectivity index (χ3v) is 6.33. The fraction of sp³-hybridized carbons (Fsp3) is 0.500. The number of halogens is 4. The summed E-state index contributed by atoms with van der Waals surface area (Å²) in [5, 5.41) is 0. The average molecular weight is 450 g/mol. The number of hydrogen-bond acceptors (Lipinski definition) is 5. The van der Waals surface area contributed by atoms with E-state index in [0.717, 1.165) is 36.7 Å². The lowest BCUT2D eigenvalue weighted by molar-refractivity contribution is -0.138.